The molecule has 0 saturated carbocycles. The molecule has 0 amide bonds. The Bertz CT molecular complexity index is 2060. The lowest BCUT2D eigenvalue weighted by atomic mass is 9.95. The monoisotopic (exact) mass is 760 g/mol. The highest BCUT2D eigenvalue weighted by Crippen LogP contribution is 2.39. The van der Waals surface area contributed by atoms with Gasteiger partial charge in [-0.25, -0.2) is 9.79 Å². The van der Waals surface area contributed by atoms with Crippen LogP contribution in [0.1, 0.15) is 43.5 Å². The fourth-order valence-electron chi connectivity index (χ4n) is 5.14. The third-order valence-electron chi connectivity index (χ3n) is 7.26. The number of carbonyl (C=O) groups excluding carboxylic acids is 1. The Morgan fingerprint density at radius 2 is 1.77 bits per heavy atom. The van der Waals surface area contributed by atoms with Crippen LogP contribution in [0, 0.1) is 0 Å². The van der Waals surface area contributed by atoms with E-state index in [-0.39, 0.29) is 24.3 Å². The first-order valence-corrected chi connectivity index (χ1v) is 16.9. The molecule has 246 valence electrons. The molecule has 0 unspecified atom stereocenters. The maximum atomic E-state index is 14.2. The molecule has 1 aliphatic rings. The lowest BCUT2D eigenvalue weighted by molar-refractivity contribution is -0.139. The van der Waals surface area contributed by atoms with Gasteiger partial charge in [-0.1, -0.05) is 46.7 Å². The van der Waals surface area contributed by atoms with E-state index in [0.717, 1.165) is 5.56 Å². The van der Waals surface area contributed by atoms with Gasteiger partial charge in [0.2, 0.25) is 0 Å². The summed E-state index contributed by atoms with van der Waals surface area (Å²) in [6.45, 7) is 6.07. The number of allylic oxidation sites excluding steroid dienone is 1. The van der Waals surface area contributed by atoms with Crippen molar-refractivity contribution in [1.82, 2.24) is 4.57 Å². The zero-order chi connectivity index (χ0) is 33.8. The molecular weight excluding hydrogens is 731 g/mol. The van der Waals surface area contributed by atoms with Crippen LogP contribution in [0.4, 0.5) is 0 Å². The highest BCUT2D eigenvalue weighted by atomic mass is 79.9. The number of nitrogens with zero attached hydrogens (tertiary/aromatic N) is 2. The van der Waals surface area contributed by atoms with E-state index in [0.29, 0.717) is 70.3 Å². The Kier molecular flexibility index (Phi) is 11.0. The first-order chi connectivity index (χ1) is 22.6. The number of rotatable bonds is 11. The normalized spacial score (nSPS) is 14.4. The van der Waals surface area contributed by atoms with E-state index in [2.05, 4.69) is 20.9 Å². The molecule has 0 radical (unpaired) electrons. The lowest BCUT2D eigenvalue weighted by Crippen LogP contribution is -2.40. The van der Waals surface area contributed by atoms with E-state index in [9.17, 15) is 9.59 Å². The predicted octanol–water partition coefficient (Wildman–Crippen LogP) is 6.86. The second-order valence-electron chi connectivity index (χ2n) is 10.2. The number of thiazole rings is 1. The molecule has 47 heavy (non-hydrogen) atoms. The van der Waals surface area contributed by atoms with E-state index in [1.807, 2.05) is 13.0 Å². The minimum Gasteiger partial charge on any atom is -0.493 e. The van der Waals surface area contributed by atoms with Gasteiger partial charge in [0.15, 0.2) is 27.8 Å². The molecule has 0 bridgehead atoms. The summed E-state index contributed by atoms with van der Waals surface area (Å²) < 4.78 is 31.0. The van der Waals surface area contributed by atoms with Crippen molar-refractivity contribution in [2.45, 2.75) is 33.4 Å². The van der Waals surface area contributed by atoms with E-state index in [4.69, 9.17) is 46.9 Å². The number of halogens is 3. The fourth-order valence-corrected chi connectivity index (χ4v) is 7.23. The summed E-state index contributed by atoms with van der Waals surface area (Å²) in [5, 5.41) is 1.03. The molecule has 0 aliphatic carbocycles. The van der Waals surface area contributed by atoms with Gasteiger partial charge >= 0.3 is 5.97 Å². The molecule has 1 aromatic heterocycles. The largest absolute Gasteiger partial charge is 0.493 e. The number of methoxy groups -OCH3 is 2. The minimum absolute atomic E-state index is 0.169. The summed E-state index contributed by atoms with van der Waals surface area (Å²) >= 11 is 17.2. The van der Waals surface area contributed by atoms with Crippen molar-refractivity contribution >= 4 is 62.5 Å². The molecule has 13 heteroatoms. The van der Waals surface area contributed by atoms with Crippen LogP contribution in [-0.4, -0.2) is 38.0 Å². The molecule has 0 fully saturated rings. The van der Waals surface area contributed by atoms with Gasteiger partial charge in [-0.3, -0.25) is 9.36 Å². The highest BCUT2D eigenvalue weighted by Gasteiger charge is 2.34. The molecule has 1 atom stereocenters. The van der Waals surface area contributed by atoms with Crippen LogP contribution in [0.25, 0.3) is 6.08 Å². The van der Waals surface area contributed by atoms with Gasteiger partial charge in [-0.15, -0.1) is 0 Å². The van der Waals surface area contributed by atoms with Gasteiger partial charge in [0.05, 0.1) is 53.8 Å². The Morgan fingerprint density at radius 3 is 2.45 bits per heavy atom. The molecule has 0 N–H and O–H groups in total. The zero-order valence-electron chi connectivity index (χ0n) is 26.2. The van der Waals surface area contributed by atoms with Crippen LogP contribution >= 0.6 is 50.5 Å². The third-order valence-corrected chi connectivity index (χ3v) is 9.42. The Labute approximate surface area is 293 Å². The molecule has 1 aliphatic heterocycles. The average molecular weight is 763 g/mol. The number of ether oxygens (including phenoxy) is 5. The fraction of sp³-hybridized carbons (Fsp3) is 0.265. The summed E-state index contributed by atoms with van der Waals surface area (Å²) in [7, 11) is 3.07. The highest BCUT2D eigenvalue weighted by molar-refractivity contribution is 9.10. The van der Waals surface area contributed by atoms with Gasteiger partial charge in [0.1, 0.15) is 6.61 Å². The van der Waals surface area contributed by atoms with Crippen molar-refractivity contribution in [3.63, 3.8) is 0 Å². The Balaban J connectivity index is 1.60. The average Bonchev–Trinajstić information content (AvgIpc) is 3.34. The van der Waals surface area contributed by atoms with Crippen molar-refractivity contribution in [3.05, 3.63) is 111 Å². The molecule has 2 heterocycles. The number of esters is 1. The van der Waals surface area contributed by atoms with Crippen LogP contribution < -0.4 is 33.8 Å². The van der Waals surface area contributed by atoms with Crippen LogP contribution in [-0.2, 0) is 16.1 Å². The second kappa shape index (κ2) is 15.0. The van der Waals surface area contributed by atoms with Gasteiger partial charge in [0, 0.05) is 15.6 Å². The first-order valence-electron chi connectivity index (χ1n) is 14.5. The minimum atomic E-state index is -0.812. The van der Waals surface area contributed by atoms with Crippen molar-refractivity contribution < 1.29 is 28.5 Å². The van der Waals surface area contributed by atoms with Gasteiger partial charge < -0.3 is 23.7 Å². The molecule has 9 nitrogen and oxygen atoms in total. The van der Waals surface area contributed by atoms with Crippen molar-refractivity contribution in [2.75, 3.05) is 27.4 Å². The molecule has 0 spiro atoms. The molecular formula is C34H31BrCl2N2O7S. The summed E-state index contributed by atoms with van der Waals surface area (Å²) in [5.74, 6) is 1.39. The Morgan fingerprint density at radius 1 is 1.00 bits per heavy atom. The predicted molar refractivity (Wildman–Crippen MR) is 186 cm³/mol. The quantitative estimate of drug-likeness (QED) is 0.154. The van der Waals surface area contributed by atoms with E-state index in [1.165, 1.54) is 30.1 Å². The number of carbonyl (C=O) groups is 1. The second-order valence-corrected chi connectivity index (χ2v) is 12.9. The van der Waals surface area contributed by atoms with Crippen molar-refractivity contribution in [2.24, 2.45) is 4.99 Å². The number of hydrogen-bond acceptors (Lipinski definition) is 9. The lowest BCUT2D eigenvalue weighted by Gasteiger charge is -2.25. The van der Waals surface area contributed by atoms with Crippen molar-refractivity contribution in [3.8, 4) is 23.0 Å². The molecule has 0 saturated heterocycles. The SMILES string of the molecule is CCOC(=O)C1=C(C)N=c2s/c(=C\c3cc(Br)c(OCc4ccc(Cl)cc4Cl)c(OCC)c3)c(=O)n2[C@@H]1c1ccc(OC)c(OC)c1. The number of fused-ring (bicyclic) bond motifs is 1. The third kappa shape index (κ3) is 7.23. The van der Waals surface area contributed by atoms with E-state index < -0.39 is 12.0 Å². The van der Waals surface area contributed by atoms with Gasteiger partial charge in [-0.05, 0) is 90.3 Å². The van der Waals surface area contributed by atoms with E-state index in [1.54, 1.807) is 62.4 Å². The number of aromatic nitrogens is 1. The van der Waals surface area contributed by atoms with Gasteiger partial charge in [0.25, 0.3) is 5.56 Å². The maximum Gasteiger partial charge on any atom is 0.338 e. The number of benzene rings is 3. The molecule has 5 rings (SSSR count). The smallest absolute Gasteiger partial charge is 0.338 e. The Hall–Kier alpha value is -3.77. The maximum absolute atomic E-state index is 14.2. The standard InChI is InChI=1S/C34H31BrCl2N2O7S/c1-6-44-27-13-19(12-23(35)31(27)46-17-21-8-10-22(36)16-24(21)37)14-28-32(40)39-30(20-9-11-25(42-4)26(15-20)43-5)29(33(41)45-7-2)18(3)38-34(39)47-28/h8-16,30H,6-7,17H2,1-5H3/b28-14-/t30-/m1/s1. The van der Waals surface area contributed by atoms with E-state index >= 15 is 0 Å². The first kappa shape index (κ1) is 34.6. The summed E-state index contributed by atoms with van der Waals surface area (Å²) in [4.78, 5) is 32.5. The summed E-state index contributed by atoms with van der Waals surface area (Å²) in [6.07, 6.45) is 1.76. The van der Waals surface area contributed by atoms with Crippen LogP contribution in [0.5, 0.6) is 23.0 Å². The summed E-state index contributed by atoms with van der Waals surface area (Å²) in [5.41, 5.74) is 2.48. The van der Waals surface area contributed by atoms with Crippen LogP contribution in [0.15, 0.2) is 74.1 Å². The molecule has 4 aromatic rings. The summed E-state index contributed by atoms with van der Waals surface area (Å²) in [6, 6.07) is 13.3. The van der Waals surface area contributed by atoms with Crippen molar-refractivity contribution in [1.29, 1.82) is 0 Å². The van der Waals surface area contributed by atoms with Gasteiger partial charge in [-0.2, -0.15) is 0 Å². The molecule has 3 aromatic carbocycles. The van der Waals surface area contributed by atoms with Crippen LogP contribution in [0.3, 0.4) is 0 Å². The zero-order valence-corrected chi connectivity index (χ0v) is 30.1. The number of hydrogen-bond donors (Lipinski definition) is 0. The topological polar surface area (TPSA) is 97.6 Å². The van der Waals surface area contributed by atoms with Crippen LogP contribution in [0.2, 0.25) is 10.0 Å².